The number of unbranched alkanes of at least 4 members (excludes halogenated alkanes) is 3. The molecule has 116 valence electrons. The second-order valence-electron chi connectivity index (χ2n) is 4.63. The van der Waals surface area contributed by atoms with Gasteiger partial charge in [0.15, 0.2) is 0 Å². The number of thiophene rings is 1. The van der Waals surface area contributed by atoms with Gasteiger partial charge in [0.2, 0.25) is 10.0 Å². The van der Waals surface area contributed by atoms with Crippen molar-refractivity contribution in [2.24, 2.45) is 0 Å². The molecule has 0 saturated carbocycles. The number of nitrogens with one attached hydrogen (secondary N) is 1. The summed E-state index contributed by atoms with van der Waals surface area (Å²) < 4.78 is 27.0. The van der Waals surface area contributed by atoms with Gasteiger partial charge in [-0.15, -0.1) is 11.3 Å². The van der Waals surface area contributed by atoms with Crippen LogP contribution >= 0.6 is 23.1 Å². The first-order chi connectivity index (χ1) is 9.51. The highest BCUT2D eigenvalue weighted by molar-refractivity contribution is 7.98. The molecule has 0 fully saturated rings. The minimum absolute atomic E-state index is 0.110. The number of hydrogen-bond acceptors (Lipinski definition) is 5. The van der Waals surface area contributed by atoms with Crippen molar-refractivity contribution in [2.75, 3.05) is 18.6 Å². The maximum Gasteiger partial charge on any atom is 0.250 e. The Bertz CT molecular complexity index is 497. The number of aliphatic hydroxyl groups excluding tert-OH is 1. The lowest BCUT2D eigenvalue weighted by Gasteiger charge is -2.04. The maximum absolute atomic E-state index is 12.1. The highest BCUT2D eigenvalue weighted by Gasteiger charge is 2.17. The van der Waals surface area contributed by atoms with Gasteiger partial charge >= 0.3 is 0 Å². The molecule has 0 saturated heterocycles. The highest BCUT2D eigenvalue weighted by atomic mass is 32.2. The molecule has 1 aromatic rings. The largest absolute Gasteiger partial charge is 0.391 e. The Labute approximate surface area is 130 Å². The Hall–Kier alpha value is -0.0800. The lowest BCUT2D eigenvalue weighted by Crippen LogP contribution is -2.24. The summed E-state index contributed by atoms with van der Waals surface area (Å²) in [5, 5.41) is 9.11. The van der Waals surface area contributed by atoms with Crippen LogP contribution in [0.5, 0.6) is 0 Å². The SMILES string of the molecule is CSCCCCCCNS(=O)(=O)c1cc(C)c(CO)s1. The van der Waals surface area contributed by atoms with Crippen molar-refractivity contribution >= 4 is 33.1 Å². The molecule has 0 radical (unpaired) electrons. The molecule has 7 heteroatoms. The van der Waals surface area contributed by atoms with E-state index < -0.39 is 10.0 Å². The Morgan fingerprint density at radius 3 is 2.60 bits per heavy atom. The van der Waals surface area contributed by atoms with Gasteiger partial charge in [-0.3, -0.25) is 0 Å². The fraction of sp³-hybridized carbons (Fsp3) is 0.692. The second-order valence-corrected chi connectivity index (χ2v) is 8.75. The smallest absolute Gasteiger partial charge is 0.250 e. The molecular formula is C13H23NO3S3. The summed E-state index contributed by atoms with van der Waals surface area (Å²) in [4.78, 5) is 0.711. The van der Waals surface area contributed by atoms with Crippen LogP contribution in [0.25, 0.3) is 0 Å². The number of hydrogen-bond donors (Lipinski definition) is 2. The van der Waals surface area contributed by atoms with E-state index in [-0.39, 0.29) is 6.61 Å². The van der Waals surface area contributed by atoms with Crippen LogP contribution in [-0.2, 0) is 16.6 Å². The van der Waals surface area contributed by atoms with Gasteiger partial charge in [-0.1, -0.05) is 12.8 Å². The van der Waals surface area contributed by atoms with Crippen molar-refractivity contribution in [3.05, 3.63) is 16.5 Å². The van der Waals surface area contributed by atoms with Crippen molar-refractivity contribution in [3.63, 3.8) is 0 Å². The van der Waals surface area contributed by atoms with E-state index >= 15 is 0 Å². The maximum atomic E-state index is 12.1. The quantitative estimate of drug-likeness (QED) is 0.644. The van der Waals surface area contributed by atoms with Gasteiger partial charge in [0.1, 0.15) is 4.21 Å². The Morgan fingerprint density at radius 1 is 1.30 bits per heavy atom. The van der Waals surface area contributed by atoms with E-state index in [2.05, 4.69) is 11.0 Å². The lowest BCUT2D eigenvalue weighted by atomic mass is 10.2. The lowest BCUT2D eigenvalue weighted by molar-refractivity contribution is 0.285. The molecule has 1 rings (SSSR count). The predicted octanol–water partition coefficient (Wildman–Crippen LogP) is 2.75. The van der Waals surface area contributed by atoms with Crippen LogP contribution in [0.3, 0.4) is 0 Å². The molecule has 1 aromatic heterocycles. The molecule has 0 aliphatic carbocycles. The molecule has 0 aliphatic rings. The van der Waals surface area contributed by atoms with Crippen LogP contribution in [0.2, 0.25) is 0 Å². The van der Waals surface area contributed by atoms with Crippen LogP contribution in [0.4, 0.5) is 0 Å². The average molecular weight is 338 g/mol. The number of aryl methyl sites for hydroxylation is 1. The Kier molecular flexibility index (Phi) is 8.13. The standard InChI is InChI=1S/C13H23NO3S3/c1-11-9-13(19-12(11)10-15)20(16,17)14-7-5-3-4-6-8-18-2/h9,14-15H,3-8,10H2,1-2H3. The predicted molar refractivity (Wildman–Crippen MR) is 87.0 cm³/mol. The molecule has 0 aliphatic heterocycles. The molecule has 0 bridgehead atoms. The molecule has 0 unspecified atom stereocenters. The summed E-state index contributed by atoms with van der Waals surface area (Å²) >= 11 is 2.98. The molecule has 0 amide bonds. The number of aliphatic hydroxyl groups is 1. The topological polar surface area (TPSA) is 66.4 Å². The second kappa shape index (κ2) is 9.04. The molecule has 0 aromatic carbocycles. The molecule has 2 N–H and O–H groups in total. The summed E-state index contributed by atoms with van der Waals surface area (Å²) in [6.45, 7) is 2.18. The van der Waals surface area contributed by atoms with E-state index in [1.807, 2.05) is 18.7 Å². The van der Waals surface area contributed by atoms with Crippen LogP contribution in [0.1, 0.15) is 36.1 Å². The van der Waals surface area contributed by atoms with Gasteiger partial charge in [-0.25, -0.2) is 13.1 Å². The molecule has 0 spiro atoms. The van der Waals surface area contributed by atoms with Gasteiger partial charge in [0.25, 0.3) is 0 Å². The van der Waals surface area contributed by atoms with Crippen molar-refractivity contribution in [1.82, 2.24) is 4.72 Å². The minimum Gasteiger partial charge on any atom is -0.391 e. The summed E-state index contributed by atoms with van der Waals surface area (Å²) in [7, 11) is -3.42. The van der Waals surface area contributed by atoms with Crippen LogP contribution in [0, 0.1) is 6.92 Å². The molecule has 0 atom stereocenters. The third-order valence-electron chi connectivity index (χ3n) is 2.97. The van der Waals surface area contributed by atoms with E-state index in [4.69, 9.17) is 5.11 Å². The first-order valence-electron chi connectivity index (χ1n) is 6.70. The van der Waals surface area contributed by atoms with Crippen molar-refractivity contribution in [1.29, 1.82) is 0 Å². The molecular weight excluding hydrogens is 314 g/mol. The van der Waals surface area contributed by atoms with Crippen LogP contribution < -0.4 is 4.72 Å². The number of thioether (sulfide) groups is 1. The Morgan fingerprint density at radius 2 is 2.00 bits per heavy atom. The average Bonchev–Trinajstić information content (AvgIpc) is 2.80. The zero-order valence-corrected chi connectivity index (χ0v) is 14.5. The van der Waals surface area contributed by atoms with Crippen molar-refractivity contribution < 1.29 is 13.5 Å². The zero-order chi connectivity index (χ0) is 15.0. The minimum atomic E-state index is -3.42. The number of rotatable bonds is 10. The van der Waals surface area contributed by atoms with E-state index in [0.29, 0.717) is 15.6 Å². The normalized spacial score (nSPS) is 11.9. The first kappa shape index (κ1) is 18.0. The van der Waals surface area contributed by atoms with Gasteiger partial charge in [-0.2, -0.15) is 11.8 Å². The summed E-state index contributed by atoms with van der Waals surface area (Å²) in [5.74, 6) is 1.17. The van der Waals surface area contributed by atoms with E-state index in [1.54, 1.807) is 6.07 Å². The summed E-state index contributed by atoms with van der Waals surface area (Å²) in [5.41, 5.74) is 0.829. The summed E-state index contributed by atoms with van der Waals surface area (Å²) in [6.07, 6.45) is 6.35. The highest BCUT2D eigenvalue weighted by Crippen LogP contribution is 2.25. The zero-order valence-electron chi connectivity index (χ0n) is 12.0. The van der Waals surface area contributed by atoms with E-state index in [9.17, 15) is 8.42 Å². The van der Waals surface area contributed by atoms with Gasteiger partial charge in [-0.05, 0) is 43.4 Å². The molecule has 1 heterocycles. The van der Waals surface area contributed by atoms with Gasteiger partial charge in [0, 0.05) is 11.4 Å². The third kappa shape index (κ3) is 5.73. The van der Waals surface area contributed by atoms with E-state index in [0.717, 1.165) is 36.2 Å². The van der Waals surface area contributed by atoms with Crippen molar-refractivity contribution in [3.8, 4) is 0 Å². The molecule has 4 nitrogen and oxygen atoms in total. The van der Waals surface area contributed by atoms with Crippen LogP contribution in [0.15, 0.2) is 10.3 Å². The monoisotopic (exact) mass is 337 g/mol. The summed E-state index contributed by atoms with van der Waals surface area (Å²) in [6, 6.07) is 1.62. The van der Waals surface area contributed by atoms with Gasteiger partial charge in [0.05, 0.1) is 6.61 Å². The van der Waals surface area contributed by atoms with Crippen molar-refractivity contribution in [2.45, 2.75) is 43.4 Å². The fourth-order valence-corrected chi connectivity index (χ4v) is 4.84. The third-order valence-corrected chi connectivity index (χ3v) is 6.83. The first-order valence-corrected chi connectivity index (χ1v) is 10.4. The number of sulfonamides is 1. The Balaban J connectivity index is 2.38. The van der Waals surface area contributed by atoms with E-state index in [1.165, 1.54) is 12.2 Å². The van der Waals surface area contributed by atoms with Gasteiger partial charge < -0.3 is 5.11 Å². The fourth-order valence-electron chi connectivity index (χ4n) is 1.78. The van der Waals surface area contributed by atoms with Crippen LogP contribution in [-0.4, -0.2) is 32.1 Å². The molecule has 20 heavy (non-hydrogen) atoms.